The van der Waals surface area contributed by atoms with Gasteiger partial charge in [0.1, 0.15) is 0 Å². The zero-order chi connectivity index (χ0) is 16.2. The Kier molecular flexibility index (Phi) is 5.26. The summed E-state index contributed by atoms with van der Waals surface area (Å²) in [7, 11) is 0. The van der Waals surface area contributed by atoms with Crippen molar-refractivity contribution in [2.45, 2.75) is 43.9 Å². The Labute approximate surface area is 141 Å². The van der Waals surface area contributed by atoms with Crippen LogP contribution in [0.1, 0.15) is 37.7 Å². The van der Waals surface area contributed by atoms with Gasteiger partial charge in [0, 0.05) is 11.3 Å². The lowest BCUT2D eigenvalue weighted by Crippen LogP contribution is -2.43. The van der Waals surface area contributed by atoms with Gasteiger partial charge in [0.15, 0.2) is 0 Å². The van der Waals surface area contributed by atoms with Crippen molar-refractivity contribution < 1.29 is 9.59 Å². The molecule has 124 valence electrons. The topological polar surface area (TPSA) is 58.2 Å². The van der Waals surface area contributed by atoms with E-state index in [1.807, 2.05) is 31.2 Å². The Morgan fingerprint density at radius 2 is 1.83 bits per heavy atom. The van der Waals surface area contributed by atoms with Gasteiger partial charge in [-0.15, -0.1) is 11.8 Å². The van der Waals surface area contributed by atoms with Gasteiger partial charge in [0.2, 0.25) is 11.8 Å². The maximum Gasteiger partial charge on any atom is 0.248 e. The number of amides is 2. The normalized spacial score (nSPS) is 25.3. The second-order valence-corrected chi connectivity index (χ2v) is 7.89. The van der Waals surface area contributed by atoms with Gasteiger partial charge in [-0.1, -0.05) is 24.1 Å². The first-order valence-electron chi connectivity index (χ1n) is 8.37. The molecule has 2 aliphatic rings. The first-order valence-corrected chi connectivity index (χ1v) is 9.36. The average Bonchev–Trinajstić information content (AvgIpc) is 3.15. The quantitative estimate of drug-likeness (QED) is 0.643. The number of aryl methyl sites for hydroxylation is 1. The number of fused-ring (bicyclic) bond motifs is 2. The molecule has 5 heteroatoms. The molecule has 2 aliphatic carbocycles. The third-order valence-corrected chi connectivity index (χ3v) is 6.08. The van der Waals surface area contributed by atoms with E-state index < -0.39 is 0 Å². The minimum atomic E-state index is -0.170. The highest BCUT2D eigenvalue weighted by molar-refractivity contribution is 8.00. The summed E-state index contributed by atoms with van der Waals surface area (Å²) in [6.07, 6.45) is 5.66. The van der Waals surface area contributed by atoms with Gasteiger partial charge in [-0.25, -0.2) is 0 Å². The summed E-state index contributed by atoms with van der Waals surface area (Å²) in [5, 5.41) is 0. The van der Waals surface area contributed by atoms with Crippen LogP contribution in [0.15, 0.2) is 29.2 Å². The summed E-state index contributed by atoms with van der Waals surface area (Å²) in [4.78, 5) is 24.8. The zero-order valence-electron chi connectivity index (χ0n) is 13.5. The molecule has 2 fully saturated rings. The van der Waals surface area contributed by atoms with Crippen molar-refractivity contribution in [2.75, 3.05) is 5.75 Å². The molecule has 4 nitrogen and oxygen atoms in total. The Balaban J connectivity index is 1.34. The van der Waals surface area contributed by atoms with Crippen molar-refractivity contribution in [3.8, 4) is 0 Å². The molecule has 3 atom stereocenters. The number of thioether (sulfide) groups is 1. The van der Waals surface area contributed by atoms with Crippen molar-refractivity contribution in [2.24, 2.45) is 17.8 Å². The highest BCUT2D eigenvalue weighted by Crippen LogP contribution is 2.49. The molecule has 2 bridgehead atoms. The SMILES string of the molecule is Cc1ccc(SCC(=O)NNC(=O)CC2CC3CCC2C3)cc1. The number of carbonyl (C=O) groups excluding carboxylic acids is 2. The van der Waals surface area contributed by atoms with Crippen LogP contribution in [0.4, 0.5) is 0 Å². The number of hydrogen-bond acceptors (Lipinski definition) is 3. The van der Waals surface area contributed by atoms with E-state index >= 15 is 0 Å². The standard InChI is InChI=1S/C18H24N2O2S/c1-12-2-6-16(7-3-12)23-11-18(22)20-19-17(21)10-15-9-13-4-5-14(15)8-13/h2-3,6-7,13-15H,4-5,8-11H2,1H3,(H,19,21)(H,20,22). The lowest BCUT2D eigenvalue weighted by atomic mass is 9.86. The summed E-state index contributed by atoms with van der Waals surface area (Å²) < 4.78 is 0. The Morgan fingerprint density at radius 1 is 1.09 bits per heavy atom. The molecular weight excluding hydrogens is 308 g/mol. The second kappa shape index (κ2) is 7.39. The number of hydrazine groups is 1. The second-order valence-electron chi connectivity index (χ2n) is 6.84. The predicted molar refractivity (Wildman–Crippen MR) is 91.7 cm³/mol. The molecule has 0 radical (unpaired) electrons. The summed E-state index contributed by atoms with van der Waals surface area (Å²) in [6.45, 7) is 2.03. The van der Waals surface area contributed by atoms with Crippen LogP contribution in [0.3, 0.4) is 0 Å². The van der Waals surface area contributed by atoms with Crippen LogP contribution in [0, 0.1) is 24.7 Å². The Morgan fingerprint density at radius 3 is 2.48 bits per heavy atom. The van der Waals surface area contributed by atoms with Crippen molar-refractivity contribution in [1.29, 1.82) is 0 Å². The lowest BCUT2D eigenvalue weighted by Gasteiger charge is -2.20. The van der Waals surface area contributed by atoms with E-state index in [1.165, 1.54) is 43.0 Å². The van der Waals surface area contributed by atoms with E-state index in [1.54, 1.807) is 0 Å². The fraction of sp³-hybridized carbons (Fsp3) is 0.556. The van der Waals surface area contributed by atoms with Crippen LogP contribution in [0.5, 0.6) is 0 Å². The van der Waals surface area contributed by atoms with Gasteiger partial charge in [0.05, 0.1) is 5.75 Å². The van der Waals surface area contributed by atoms with E-state index in [0.29, 0.717) is 18.1 Å². The zero-order valence-corrected chi connectivity index (χ0v) is 14.3. The third kappa shape index (κ3) is 4.50. The molecule has 2 saturated carbocycles. The molecule has 1 aromatic carbocycles. The number of carbonyl (C=O) groups is 2. The number of nitrogens with one attached hydrogen (secondary N) is 2. The highest BCUT2D eigenvalue weighted by Gasteiger charge is 2.40. The largest absolute Gasteiger partial charge is 0.273 e. The number of benzene rings is 1. The van der Waals surface area contributed by atoms with Crippen molar-refractivity contribution in [1.82, 2.24) is 10.9 Å². The van der Waals surface area contributed by atoms with Crippen LogP contribution >= 0.6 is 11.8 Å². The van der Waals surface area contributed by atoms with E-state index in [-0.39, 0.29) is 11.8 Å². The first-order chi connectivity index (χ1) is 11.1. The van der Waals surface area contributed by atoms with Crippen LogP contribution in [-0.2, 0) is 9.59 Å². The molecular formula is C18H24N2O2S. The summed E-state index contributed by atoms with van der Waals surface area (Å²) in [5.74, 6) is 2.18. The van der Waals surface area contributed by atoms with Gasteiger partial charge in [-0.3, -0.25) is 20.4 Å². The summed E-state index contributed by atoms with van der Waals surface area (Å²) >= 11 is 1.47. The van der Waals surface area contributed by atoms with Crippen molar-refractivity contribution >= 4 is 23.6 Å². The van der Waals surface area contributed by atoms with Crippen LogP contribution in [-0.4, -0.2) is 17.6 Å². The van der Waals surface area contributed by atoms with E-state index in [9.17, 15) is 9.59 Å². The Bertz CT molecular complexity index is 573. The molecule has 23 heavy (non-hydrogen) atoms. The smallest absolute Gasteiger partial charge is 0.248 e. The average molecular weight is 332 g/mol. The van der Waals surface area contributed by atoms with Gasteiger partial charge in [0.25, 0.3) is 0 Å². The van der Waals surface area contributed by atoms with E-state index in [0.717, 1.165) is 16.7 Å². The van der Waals surface area contributed by atoms with Crippen molar-refractivity contribution in [3.63, 3.8) is 0 Å². The molecule has 3 unspecified atom stereocenters. The highest BCUT2D eigenvalue weighted by atomic mass is 32.2. The maximum absolute atomic E-state index is 12.0. The number of rotatable bonds is 5. The summed E-state index contributed by atoms with van der Waals surface area (Å²) in [6, 6.07) is 8.05. The van der Waals surface area contributed by atoms with Crippen LogP contribution in [0.25, 0.3) is 0 Å². The van der Waals surface area contributed by atoms with Crippen LogP contribution < -0.4 is 10.9 Å². The monoisotopic (exact) mass is 332 g/mol. The van der Waals surface area contributed by atoms with E-state index in [2.05, 4.69) is 10.9 Å². The molecule has 0 aromatic heterocycles. The molecule has 0 heterocycles. The molecule has 2 amide bonds. The molecule has 0 spiro atoms. The Hall–Kier alpha value is -1.49. The number of hydrogen-bond donors (Lipinski definition) is 2. The van der Waals surface area contributed by atoms with E-state index in [4.69, 9.17) is 0 Å². The summed E-state index contributed by atoms with van der Waals surface area (Å²) in [5.41, 5.74) is 6.29. The van der Waals surface area contributed by atoms with Gasteiger partial charge < -0.3 is 0 Å². The lowest BCUT2D eigenvalue weighted by molar-refractivity contribution is -0.128. The molecule has 1 aromatic rings. The van der Waals surface area contributed by atoms with Crippen LogP contribution in [0.2, 0.25) is 0 Å². The molecule has 0 aliphatic heterocycles. The predicted octanol–water partition coefficient (Wildman–Crippen LogP) is 3.06. The van der Waals surface area contributed by atoms with Gasteiger partial charge in [-0.2, -0.15) is 0 Å². The molecule has 3 rings (SSSR count). The van der Waals surface area contributed by atoms with Gasteiger partial charge >= 0.3 is 0 Å². The molecule has 0 saturated heterocycles. The van der Waals surface area contributed by atoms with Crippen molar-refractivity contribution in [3.05, 3.63) is 29.8 Å². The maximum atomic E-state index is 12.0. The fourth-order valence-electron chi connectivity index (χ4n) is 3.87. The van der Waals surface area contributed by atoms with Gasteiger partial charge in [-0.05, 0) is 56.1 Å². The molecule has 2 N–H and O–H groups in total. The third-order valence-electron chi connectivity index (χ3n) is 5.06. The minimum Gasteiger partial charge on any atom is -0.273 e. The first kappa shape index (κ1) is 16.4. The fourth-order valence-corrected chi connectivity index (χ4v) is 4.57. The minimum absolute atomic E-state index is 0.0590.